The van der Waals surface area contributed by atoms with Crippen molar-refractivity contribution in [3.05, 3.63) is 0 Å². The van der Waals surface area contributed by atoms with E-state index in [1.165, 1.54) is 4.90 Å². The van der Waals surface area contributed by atoms with E-state index in [1.807, 2.05) is 6.07 Å². The molecule has 1 heterocycles. The molecular formula is C12H19N3O3. The quantitative estimate of drug-likeness (QED) is 0.817. The van der Waals surface area contributed by atoms with Crippen LogP contribution in [0.3, 0.4) is 0 Å². The molecule has 0 bridgehead atoms. The number of nitrogens with zero attached hydrogens (tertiary/aromatic N) is 3. The van der Waals surface area contributed by atoms with Gasteiger partial charge in [0.1, 0.15) is 0 Å². The van der Waals surface area contributed by atoms with Gasteiger partial charge in [0.2, 0.25) is 0 Å². The average molecular weight is 253 g/mol. The van der Waals surface area contributed by atoms with Crippen LogP contribution >= 0.6 is 0 Å². The van der Waals surface area contributed by atoms with Gasteiger partial charge in [0.15, 0.2) is 0 Å². The van der Waals surface area contributed by atoms with Crippen molar-refractivity contribution < 1.29 is 14.7 Å². The van der Waals surface area contributed by atoms with Crippen molar-refractivity contribution in [2.45, 2.75) is 38.1 Å². The average Bonchev–Trinajstić information content (AvgIpc) is 2.35. The molecule has 1 aliphatic rings. The molecule has 100 valence electrons. The Hall–Kier alpha value is -1.77. The molecule has 1 aliphatic heterocycles. The maximum absolute atomic E-state index is 12.1. The van der Waals surface area contributed by atoms with Gasteiger partial charge in [0.25, 0.3) is 0 Å². The molecule has 0 aliphatic carbocycles. The largest absolute Gasteiger partial charge is 0.481 e. The minimum atomic E-state index is -0.876. The fourth-order valence-corrected chi connectivity index (χ4v) is 2.20. The highest BCUT2D eigenvalue weighted by Gasteiger charge is 2.29. The van der Waals surface area contributed by atoms with Crippen LogP contribution in [-0.4, -0.2) is 53.1 Å². The van der Waals surface area contributed by atoms with E-state index < -0.39 is 5.97 Å². The highest BCUT2D eigenvalue weighted by molar-refractivity contribution is 5.76. The lowest BCUT2D eigenvalue weighted by Gasteiger charge is -2.37. The van der Waals surface area contributed by atoms with E-state index in [0.717, 1.165) is 19.3 Å². The van der Waals surface area contributed by atoms with Gasteiger partial charge < -0.3 is 14.9 Å². The van der Waals surface area contributed by atoms with E-state index in [9.17, 15) is 9.59 Å². The van der Waals surface area contributed by atoms with Crippen LogP contribution in [0.2, 0.25) is 0 Å². The third kappa shape index (κ3) is 3.91. The molecular weight excluding hydrogens is 234 g/mol. The SMILES string of the molecule is CN(CCC#N)C(=O)N1CCCCC1CC(=O)O. The fraction of sp³-hybridized carbons (Fsp3) is 0.750. The van der Waals surface area contributed by atoms with Crippen LogP contribution in [-0.2, 0) is 4.79 Å². The number of carbonyl (C=O) groups is 2. The zero-order valence-electron chi connectivity index (χ0n) is 10.6. The summed E-state index contributed by atoms with van der Waals surface area (Å²) < 4.78 is 0. The van der Waals surface area contributed by atoms with Gasteiger partial charge >= 0.3 is 12.0 Å². The van der Waals surface area contributed by atoms with Crippen LogP contribution in [0.25, 0.3) is 0 Å². The number of piperidine rings is 1. The second-order valence-electron chi connectivity index (χ2n) is 4.55. The third-order valence-electron chi connectivity index (χ3n) is 3.17. The predicted octanol–water partition coefficient (Wildman–Crippen LogP) is 1.28. The Kier molecular flexibility index (Phi) is 5.43. The molecule has 0 aromatic heterocycles. The van der Waals surface area contributed by atoms with Gasteiger partial charge in [-0.3, -0.25) is 4.79 Å². The van der Waals surface area contributed by atoms with Crippen molar-refractivity contribution in [1.82, 2.24) is 9.80 Å². The Balaban J connectivity index is 2.62. The van der Waals surface area contributed by atoms with E-state index in [4.69, 9.17) is 10.4 Å². The number of urea groups is 1. The summed E-state index contributed by atoms with van der Waals surface area (Å²) in [4.78, 5) is 26.1. The number of likely N-dealkylation sites (tertiary alicyclic amines) is 1. The summed E-state index contributed by atoms with van der Waals surface area (Å²) in [5.74, 6) is -0.876. The zero-order valence-corrected chi connectivity index (χ0v) is 10.6. The Morgan fingerprint density at radius 2 is 2.22 bits per heavy atom. The summed E-state index contributed by atoms with van der Waals surface area (Å²) in [7, 11) is 1.64. The maximum Gasteiger partial charge on any atom is 0.320 e. The Bertz CT molecular complexity index is 351. The molecule has 1 unspecified atom stereocenters. The second kappa shape index (κ2) is 6.84. The zero-order chi connectivity index (χ0) is 13.5. The summed E-state index contributed by atoms with van der Waals surface area (Å²) >= 11 is 0. The molecule has 1 atom stereocenters. The lowest BCUT2D eigenvalue weighted by molar-refractivity contribution is -0.138. The van der Waals surface area contributed by atoms with Crippen LogP contribution in [0, 0.1) is 11.3 Å². The van der Waals surface area contributed by atoms with Crippen molar-refractivity contribution in [3.8, 4) is 6.07 Å². The van der Waals surface area contributed by atoms with Crippen LogP contribution in [0.4, 0.5) is 4.79 Å². The minimum absolute atomic E-state index is 0.00215. The molecule has 18 heavy (non-hydrogen) atoms. The molecule has 1 fully saturated rings. The lowest BCUT2D eigenvalue weighted by Crippen LogP contribution is -2.50. The first-order chi connectivity index (χ1) is 8.56. The van der Waals surface area contributed by atoms with E-state index in [1.54, 1.807) is 11.9 Å². The lowest BCUT2D eigenvalue weighted by atomic mass is 10.00. The number of carbonyl (C=O) groups excluding carboxylic acids is 1. The molecule has 0 aromatic rings. The van der Waals surface area contributed by atoms with Crippen molar-refractivity contribution in [1.29, 1.82) is 5.26 Å². The van der Waals surface area contributed by atoms with Gasteiger partial charge in [-0.05, 0) is 19.3 Å². The fourth-order valence-electron chi connectivity index (χ4n) is 2.20. The van der Waals surface area contributed by atoms with E-state index >= 15 is 0 Å². The maximum atomic E-state index is 12.1. The monoisotopic (exact) mass is 253 g/mol. The molecule has 6 heteroatoms. The van der Waals surface area contributed by atoms with Gasteiger partial charge in [-0.2, -0.15) is 5.26 Å². The number of nitriles is 1. The first-order valence-electron chi connectivity index (χ1n) is 6.16. The van der Waals surface area contributed by atoms with Gasteiger partial charge in [-0.15, -0.1) is 0 Å². The van der Waals surface area contributed by atoms with Gasteiger partial charge in [-0.25, -0.2) is 4.79 Å². The standard InChI is InChI=1S/C12H19N3O3/c1-14(7-4-6-13)12(18)15-8-3-2-5-10(15)9-11(16)17/h10H,2-5,7-9H2,1H3,(H,16,17). The molecule has 0 aromatic carbocycles. The van der Waals surface area contributed by atoms with Crippen molar-refractivity contribution >= 4 is 12.0 Å². The molecule has 1 rings (SSSR count). The minimum Gasteiger partial charge on any atom is -0.481 e. The van der Waals surface area contributed by atoms with Gasteiger partial charge in [-0.1, -0.05) is 0 Å². The molecule has 1 saturated heterocycles. The summed E-state index contributed by atoms with van der Waals surface area (Å²) in [6, 6.07) is 1.61. The van der Waals surface area contributed by atoms with E-state index in [-0.39, 0.29) is 18.5 Å². The van der Waals surface area contributed by atoms with Crippen LogP contribution in [0.5, 0.6) is 0 Å². The number of amides is 2. The molecule has 6 nitrogen and oxygen atoms in total. The predicted molar refractivity (Wildman–Crippen MR) is 64.9 cm³/mol. The molecule has 1 N–H and O–H groups in total. The van der Waals surface area contributed by atoms with Crippen LogP contribution < -0.4 is 0 Å². The van der Waals surface area contributed by atoms with Crippen molar-refractivity contribution in [2.75, 3.05) is 20.1 Å². The number of hydrogen-bond acceptors (Lipinski definition) is 3. The van der Waals surface area contributed by atoms with Crippen molar-refractivity contribution in [2.24, 2.45) is 0 Å². The van der Waals surface area contributed by atoms with Crippen LogP contribution in [0.15, 0.2) is 0 Å². The Labute approximate surface area is 107 Å². The van der Waals surface area contributed by atoms with Crippen molar-refractivity contribution in [3.63, 3.8) is 0 Å². The van der Waals surface area contributed by atoms with Gasteiger partial charge in [0, 0.05) is 26.2 Å². The highest BCUT2D eigenvalue weighted by Crippen LogP contribution is 2.21. The Morgan fingerprint density at radius 1 is 1.50 bits per heavy atom. The number of rotatable bonds is 4. The molecule has 0 radical (unpaired) electrons. The van der Waals surface area contributed by atoms with Crippen LogP contribution in [0.1, 0.15) is 32.1 Å². The number of carboxylic acid groups (broad SMARTS) is 1. The van der Waals surface area contributed by atoms with E-state index in [2.05, 4.69) is 0 Å². The summed E-state index contributed by atoms with van der Waals surface area (Å²) in [6.07, 6.45) is 2.90. The Morgan fingerprint density at radius 3 is 2.83 bits per heavy atom. The summed E-state index contributed by atoms with van der Waals surface area (Å²) in [5, 5.41) is 17.3. The third-order valence-corrected chi connectivity index (χ3v) is 3.17. The van der Waals surface area contributed by atoms with E-state index in [0.29, 0.717) is 19.5 Å². The number of aliphatic carboxylic acids is 1. The first kappa shape index (κ1) is 14.3. The number of hydrogen-bond donors (Lipinski definition) is 1. The van der Waals surface area contributed by atoms with Gasteiger partial charge in [0.05, 0.1) is 18.9 Å². The highest BCUT2D eigenvalue weighted by atomic mass is 16.4. The summed E-state index contributed by atoms with van der Waals surface area (Å²) in [5.41, 5.74) is 0. The molecule has 0 saturated carbocycles. The number of carboxylic acids is 1. The topological polar surface area (TPSA) is 84.6 Å². The first-order valence-corrected chi connectivity index (χ1v) is 6.16. The normalized spacial score (nSPS) is 19.1. The second-order valence-corrected chi connectivity index (χ2v) is 4.55. The smallest absolute Gasteiger partial charge is 0.320 e. The molecule has 2 amide bonds. The summed E-state index contributed by atoms with van der Waals surface area (Å²) in [6.45, 7) is 0.985. The molecule has 0 spiro atoms.